The predicted molar refractivity (Wildman–Crippen MR) is 95.2 cm³/mol. The molecule has 2 fully saturated rings. The van der Waals surface area contributed by atoms with Crippen molar-refractivity contribution in [3.8, 4) is 0 Å². The molecule has 130 valence electrons. The highest BCUT2D eigenvalue weighted by Crippen LogP contribution is 2.57. The molecule has 0 aromatic heterocycles. The van der Waals surface area contributed by atoms with Crippen LogP contribution in [-0.4, -0.2) is 35.7 Å². The molecule has 0 aliphatic carbocycles. The Morgan fingerprint density at radius 1 is 0.955 bits per heavy atom. The van der Waals surface area contributed by atoms with Gasteiger partial charge in [-0.25, -0.2) is 0 Å². The fraction of sp³-hybridized carbons (Fsp3) is 1.00. The lowest BCUT2D eigenvalue weighted by molar-refractivity contribution is -0.195. The van der Waals surface area contributed by atoms with Crippen LogP contribution < -0.4 is 0 Å². The third kappa shape index (κ3) is 3.11. The lowest BCUT2D eigenvalue weighted by Crippen LogP contribution is -2.56. The van der Waals surface area contributed by atoms with Crippen LogP contribution in [0.1, 0.15) is 81.6 Å². The van der Waals surface area contributed by atoms with Gasteiger partial charge in [0.15, 0.2) is 0 Å². The van der Waals surface area contributed by atoms with Gasteiger partial charge in [0.25, 0.3) is 0 Å². The molecule has 2 aliphatic rings. The third-order valence-electron chi connectivity index (χ3n) is 6.46. The van der Waals surface area contributed by atoms with Gasteiger partial charge >= 0.3 is 0 Å². The van der Waals surface area contributed by atoms with E-state index in [1.165, 1.54) is 19.3 Å². The van der Waals surface area contributed by atoms with E-state index in [-0.39, 0.29) is 5.54 Å². The maximum absolute atomic E-state index is 5.73. The first kappa shape index (κ1) is 18.3. The summed E-state index contributed by atoms with van der Waals surface area (Å²) in [6, 6.07) is 1.19. The molecule has 0 bridgehead atoms. The maximum Gasteiger partial charge on any atom is 0.0550 e. The Morgan fingerprint density at radius 3 is 1.91 bits per heavy atom. The standard InChI is InChI=1S/C20H39NO/c1-15(2)21-16(3)10-18(6,7)20(13-22-14-20)12-17(4,5)11-19(21,8)9/h15-16H,10-14H2,1-9H3. The monoisotopic (exact) mass is 309 g/mol. The summed E-state index contributed by atoms with van der Waals surface area (Å²) < 4.78 is 5.73. The summed E-state index contributed by atoms with van der Waals surface area (Å²) in [6.07, 6.45) is 3.80. The van der Waals surface area contributed by atoms with Gasteiger partial charge in [-0.05, 0) is 64.7 Å². The number of rotatable bonds is 1. The van der Waals surface area contributed by atoms with E-state index in [4.69, 9.17) is 4.74 Å². The highest BCUT2D eigenvalue weighted by atomic mass is 16.5. The first-order valence-corrected chi connectivity index (χ1v) is 9.18. The van der Waals surface area contributed by atoms with Crippen LogP contribution in [0.4, 0.5) is 0 Å². The zero-order valence-corrected chi connectivity index (χ0v) is 16.5. The van der Waals surface area contributed by atoms with Gasteiger partial charge in [0.2, 0.25) is 0 Å². The van der Waals surface area contributed by atoms with Crippen LogP contribution in [0.5, 0.6) is 0 Å². The van der Waals surface area contributed by atoms with Crippen molar-refractivity contribution >= 4 is 0 Å². The van der Waals surface area contributed by atoms with E-state index < -0.39 is 0 Å². The molecule has 0 amide bonds. The molecule has 2 heterocycles. The summed E-state index contributed by atoms with van der Waals surface area (Å²) in [7, 11) is 0. The average molecular weight is 310 g/mol. The van der Waals surface area contributed by atoms with E-state index in [0.717, 1.165) is 13.2 Å². The van der Waals surface area contributed by atoms with Crippen LogP contribution in [0.25, 0.3) is 0 Å². The first-order valence-electron chi connectivity index (χ1n) is 9.18. The SMILES string of the molecule is CC(C)N1C(C)CC(C)(C)C2(COC2)CC(C)(C)CC1(C)C. The van der Waals surface area contributed by atoms with Gasteiger partial charge in [0.1, 0.15) is 0 Å². The fourth-order valence-corrected chi connectivity index (χ4v) is 6.18. The molecule has 2 aliphatic heterocycles. The summed E-state index contributed by atoms with van der Waals surface area (Å²) in [4.78, 5) is 2.77. The Kier molecular flexibility index (Phi) is 4.55. The number of hydrogen-bond acceptors (Lipinski definition) is 2. The van der Waals surface area contributed by atoms with Crippen LogP contribution in [-0.2, 0) is 4.74 Å². The topological polar surface area (TPSA) is 12.5 Å². The van der Waals surface area contributed by atoms with E-state index in [9.17, 15) is 0 Å². The highest BCUT2D eigenvalue weighted by molar-refractivity contribution is 5.05. The van der Waals surface area contributed by atoms with Gasteiger partial charge in [-0.2, -0.15) is 0 Å². The molecule has 0 aromatic rings. The minimum atomic E-state index is 0.239. The summed E-state index contributed by atoms with van der Waals surface area (Å²) in [5, 5.41) is 0. The second kappa shape index (κ2) is 5.48. The zero-order chi connectivity index (χ0) is 17.0. The normalized spacial score (nSPS) is 33.8. The average Bonchev–Trinajstić information content (AvgIpc) is 2.19. The first-order chi connectivity index (χ1) is 9.82. The number of hydrogen-bond donors (Lipinski definition) is 0. The van der Waals surface area contributed by atoms with Crippen molar-refractivity contribution in [1.82, 2.24) is 4.90 Å². The molecule has 1 atom stereocenters. The van der Waals surface area contributed by atoms with E-state index >= 15 is 0 Å². The van der Waals surface area contributed by atoms with Crippen molar-refractivity contribution < 1.29 is 4.74 Å². The van der Waals surface area contributed by atoms with E-state index in [1.54, 1.807) is 0 Å². The number of nitrogens with zero attached hydrogens (tertiary/aromatic N) is 1. The van der Waals surface area contributed by atoms with E-state index in [1.807, 2.05) is 0 Å². The van der Waals surface area contributed by atoms with Crippen molar-refractivity contribution in [3.05, 3.63) is 0 Å². The van der Waals surface area contributed by atoms with Crippen molar-refractivity contribution in [2.75, 3.05) is 13.2 Å². The fourth-order valence-electron chi connectivity index (χ4n) is 6.18. The molecule has 2 saturated heterocycles. The molecule has 2 heteroatoms. The van der Waals surface area contributed by atoms with Gasteiger partial charge in [0, 0.05) is 23.0 Å². The summed E-state index contributed by atoms with van der Waals surface area (Å²) >= 11 is 0. The largest absolute Gasteiger partial charge is 0.380 e. The Hall–Kier alpha value is -0.0800. The maximum atomic E-state index is 5.73. The van der Waals surface area contributed by atoms with Gasteiger partial charge in [0.05, 0.1) is 13.2 Å². The Morgan fingerprint density at radius 2 is 1.50 bits per heavy atom. The van der Waals surface area contributed by atoms with Gasteiger partial charge in [-0.3, -0.25) is 4.90 Å². The predicted octanol–water partition coefficient (Wildman–Crippen LogP) is 5.12. The molecule has 1 spiro atoms. The van der Waals surface area contributed by atoms with Crippen LogP contribution >= 0.6 is 0 Å². The second-order valence-electron chi connectivity index (χ2n) is 10.5. The van der Waals surface area contributed by atoms with Crippen LogP contribution in [0.2, 0.25) is 0 Å². The van der Waals surface area contributed by atoms with Crippen LogP contribution in [0.3, 0.4) is 0 Å². The van der Waals surface area contributed by atoms with E-state index in [0.29, 0.717) is 28.3 Å². The molecule has 2 rings (SSSR count). The Labute approximate surface area is 139 Å². The molecule has 0 saturated carbocycles. The van der Waals surface area contributed by atoms with Crippen LogP contribution in [0, 0.1) is 16.2 Å². The Balaban J connectivity index is 2.45. The minimum absolute atomic E-state index is 0.239. The molecular weight excluding hydrogens is 270 g/mol. The highest BCUT2D eigenvalue weighted by Gasteiger charge is 2.55. The molecular formula is C20H39NO. The molecule has 0 aromatic carbocycles. The Bertz CT molecular complexity index is 404. The minimum Gasteiger partial charge on any atom is -0.380 e. The molecule has 0 radical (unpaired) electrons. The van der Waals surface area contributed by atoms with Crippen LogP contribution in [0.15, 0.2) is 0 Å². The molecule has 22 heavy (non-hydrogen) atoms. The molecule has 2 nitrogen and oxygen atoms in total. The van der Waals surface area contributed by atoms with Crippen molar-refractivity contribution in [1.29, 1.82) is 0 Å². The summed E-state index contributed by atoms with van der Waals surface area (Å²) in [5.74, 6) is 0. The second-order valence-corrected chi connectivity index (χ2v) is 10.5. The third-order valence-corrected chi connectivity index (χ3v) is 6.46. The van der Waals surface area contributed by atoms with E-state index in [2.05, 4.69) is 67.2 Å². The zero-order valence-electron chi connectivity index (χ0n) is 16.5. The van der Waals surface area contributed by atoms with Gasteiger partial charge in [-0.1, -0.05) is 27.7 Å². The van der Waals surface area contributed by atoms with Crippen molar-refractivity contribution in [3.63, 3.8) is 0 Å². The van der Waals surface area contributed by atoms with Gasteiger partial charge < -0.3 is 4.74 Å². The lowest BCUT2D eigenvalue weighted by atomic mass is 9.56. The quantitative estimate of drug-likeness (QED) is 0.667. The number of ether oxygens (including phenoxy) is 1. The van der Waals surface area contributed by atoms with Crippen molar-refractivity contribution in [2.45, 2.75) is 99.2 Å². The molecule has 0 N–H and O–H groups in total. The molecule has 1 unspecified atom stereocenters. The smallest absolute Gasteiger partial charge is 0.0550 e. The summed E-state index contributed by atoms with van der Waals surface area (Å²) in [6.45, 7) is 23.9. The van der Waals surface area contributed by atoms with Gasteiger partial charge in [-0.15, -0.1) is 0 Å². The summed E-state index contributed by atoms with van der Waals surface area (Å²) in [5.41, 5.74) is 1.29. The lowest BCUT2D eigenvalue weighted by Gasteiger charge is -2.56. The van der Waals surface area contributed by atoms with Crippen molar-refractivity contribution in [2.24, 2.45) is 16.2 Å².